The first-order chi connectivity index (χ1) is 57.5. The van der Waals surface area contributed by atoms with E-state index in [1.54, 1.807) is 32.7 Å². The molecule has 0 saturated heterocycles. The molecule has 17 rings (SSSR count). The number of ketones is 2. The van der Waals surface area contributed by atoms with E-state index in [4.69, 9.17) is 69.6 Å². The summed E-state index contributed by atoms with van der Waals surface area (Å²) in [5.74, 6) is 0.115. The molecule has 13 nitrogen and oxygen atoms in total. The molecule has 6 aliphatic rings. The Morgan fingerprint density at radius 1 is 0.480 bits per heavy atom. The van der Waals surface area contributed by atoms with E-state index in [1.165, 1.54) is 37.2 Å². The number of halogens is 8. The van der Waals surface area contributed by atoms with Crippen LogP contribution in [0.5, 0.6) is 0 Å². The van der Waals surface area contributed by atoms with E-state index >= 15 is 8.63 Å². The summed E-state index contributed by atoms with van der Waals surface area (Å²) in [6.45, 7) is 21.5. The fourth-order valence-corrected chi connectivity index (χ4v) is 22.2. The first kappa shape index (κ1) is 96.9. The minimum absolute atomic E-state index is 0. The molecule has 0 unspecified atom stereocenters. The van der Waals surface area contributed by atoms with Gasteiger partial charge < -0.3 is 28.2 Å². The molecule has 4 aliphatic heterocycles. The molecule has 630 valence electrons. The van der Waals surface area contributed by atoms with E-state index in [0.29, 0.717) is 59.0 Å². The number of aryl methyl sites for hydroxylation is 2. The summed E-state index contributed by atoms with van der Waals surface area (Å²) in [5, 5.41) is 8.75. The van der Waals surface area contributed by atoms with E-state index in [0.717, 1.165) is 178 Å². The van der Waals surface area contributed by atoms with Crippen LogP contribution in [-0.2, 0) is 118 Å². The number of carbonyl (C=O) groups excluding carboxylic acids is 2. The number of thioether (sulfide) groups is 2. The monoisotopic (exact) mass is 1990 g/mol. The quantitative estimate of drug-likeness (QED) is 0.0839. The van der Waals surface area contributed by atoms with Crippen LogP contribution in [0.25, 0.3) is 59.4 Å². The molecule has 28 heteroatoms. The molecule has 2 radical (unpaired) electrons. The van der Waals surface area contributed by atoms with Gasteiger partial charge in [-0.2, -0.15) is 0 Å². The van der Waals surface area contributed by atoms with Crippen molar-refractivity contribution in [1.29, 1.82) is 0 Å². The van der Waals surface area contributed by atoms with Crippen molar-refractivity contribution < 1.29 is 88.1 Å². The Morgan fingerprint density at radius 3 is 1.23 bits per heavy atom. The molecule has 2 aliphatic carbocycles. The molecule has 11 aromatic rings. The van der Waals surface area contributed by atoms with E-state index in [1.807, 2.05) is 182 Å². The van der Waals surface area contributed by atoms with Gasteiger partial charge in [0.1, 0.15) is 34.2 Å². The third kappa shape index (κ3) is 19.0. The number of thiazole rings is 2. The number of allylic oxidation sites excluding steroid dienone is 3. The number of nitrogens with zero attached hydrogens (tertiary/aromatic N) is 7. The number of aromatic nitrogens is 6. The summed E-state index contributed by atoms with van der Waals surface area (Å²) in [6, 6.07) is 60.1. The zero-order valence-electron chi connectivity index (χ0n) is 69.5. The van der Waals surface area contributed by atoms with Gasteiger partial charge in [-0.15, -0.1) is 22.7 Å². The van der Waals surface area contributed by atoms with Crippen LogP contribution >= 0.6 is 116 Å². The van der Waals surface area contributed by atoms with Crippen molar-refractivity contribution in [2.75, 3.05) is 0 Å². The van der Waals surface area contributed by atoms with Crippen LogP contribution in [-0.4, -0.2) is 57.3 Å². The Bertz CT molecular complexity index is 6140. The molecule has 2 N–H and O–H groups in total. The molecule has 0 bridgehead atoms. The number of alkyl halides is 6. The summed E-state index contributed by atoms with van der Waals surface area (Å²) < 4.78 is 37.8. The summed E-state index contributed by atoms with van der Waals surface area (Å²) in [5.41, 5.74) is 24.0. The fourth-order valence-electron chi connectivity index (χ4n) is 16.7. The average molecular weight is 1990 g/mol. The maximum Gasteiger partial charge on any atom is 0.737 e. The van der Waals surface area contributed by atoms with E-state index in [2.05, 4.69) is 109 Å². The van der Waals surface area contributed by atoms with Crippen molar-refractivity contribution in [3.63, 3.8) is 0 Å². The number of carbonyl (C=O) groups is 2. The summed E-state index contributed by atoms with van der Waals surface area (Å²) in [7, 11) is 0. The van der Waals surface area contributed by atoms with E-state index < -0.39 is 14.6 Å². The molecule has 0 amide bonds. The Kier molecular flexibility index (Phi) is 32.1. The summed E-state index contributed by atoms with van der Waals surface area (Å²) in [6.07, 6.45) is 5.61. The van der Waals surface area contributed by atoms with Crippen molar-refractivity contribution in [3.05, 3.63) is 333 Å². The standard InChI is InChI=1S/2C29H22N2O2S2.C22H33BF2N2.C14H11Cl6N3.CH4.2Y/c2*1-2-31-28(33)26(35-29(31)22-17-20-15-9-10-16-21(20)24(22)32)27-30-23(18-11-5-3-6-12-18)25(34-27)19-13-7-4-8-14-19;1-8-15-17(10-3)21-14(7)22-18(11-4)16(9-2)20(13-6)27(22)23(24,25)26(21)19(15)12-5;1-6-4-9(5-7(2)8(6)3)10-21-11(13(15,16)17)23-12(22-10)14(18,19)20;;;/h2*3-16,30H,2,17H2,1H3;8-13H2,1-7H3;4-5H,1-3H3;1H4;;/b2*27-26+,29-22-;;;;;. The van der Waals surface area contributed by atoms with Crippen LogP contribution in [0.3, 0.4) is 0 Å². The smallest absolute Gasteiger partial charge is 0.393 e. The molecule has 4 aromatic heterocycles. The van der Waals surface area contributed by atoms with Gasteiger partial charge >= 0.3 is 6.97 Å². The molecule has 0 fully saturated rings. The van der Waals surface area contributed by atoms with Gasteiger partial charge in [-0.3, -0.25) is 28.3 Å². The molecule has 0 atom stereocenters. The molecule has 8 heterocycles. The number of hydrogen-bond donors (Lipinski definition) is 2. The Balaban J connectivity index is 0.000000161. The van der Waals surface area contributed by atoms with Crippen LogP contribution < -0.4 is 40.1 Å². The number of fused-ring (bicyclic) bond motifs is 4. The van der Waals surface area contributed by atoms with E-state index in [9.17, 15) is 19.2 Å². The average Bonchev–Trinajstić information content (AvgIpc) is 1.53. The minimum atomic E-state index is -3.88. The SMILES string of the molecule is C.CCC1=C(CC)C(CC)=[N+]2C1=C(C)c1c(CC)c(CC)c(CC)n1[B-]2(F)F.CCn1c(=O)/c(=C2/NC(c3ccccc3)=C(c3ccccc3)S2)s/c1=C1/Cc2ccccc2C1=O.CCn1c(=O)/c(=C2/NC(c3ccccc3)=C(c3ccccc3)S2)s/c1=C1/Cc2ccccc2C1=O.Cc1cc(-c2nc(C(Cl)(Cl)Cl)nc(C(Cl)(Cl)Cl)n2)cc(C)c1C.[Y].[Y]. The Hall–Kier alpha value is -6.69. The summed E-state index contributed by atoms with van der Waals surface area (Å²) in [4.78, 5) is 68.1. The number of benzene rings is 7. The number of Topliss-reactive ketones (excluding diaryl/α,β-unsaturated/α-hetero) is 2. The van der Waals surface area contributed by atoms with Crippen LogP contribution in [0.15, 0.2) is 208 Å². The van der Waals surface area contributed by atoms with Crippen molar-refractivity contribution in [2.24, 2.45) is 0 Å². The number of rotatable bonds is 13. The van der Waals surface area contributed by atoms with Crippen LogP contribution in [0.1, 0.15) is 194 Å². The van der Waals surface area contributed by atoms with Crippen molar-refractivity contribution in [3.8, 4) is 11.4 Å². The second-order valence-electron chi connectivity index (χ2n) is 29.5. The minimum Gasteiger partial charge on any atom is -0.393 e. The molecule has 123 heavy (non-hydrogen) atoms. The van der Waals surface area contributed by atoms with Crippen molar-refractivity contribution in [1.82, 2.24) is 39.2 Å². The predicted octanol–water partition coefficient (Wildman–Crippen LogP) is 21.8. The predicted molar refractivity (Wildman–Crippen MR) is 507 cm³/mol. The fraction of sp³-hybridized carbons (Fsp3) is 0.263. The molecule has 0 saturated carbocycles. The Labute approximate surface area is 813 Å². The van der Waals surface area contributed by atoms with Crippen LogP contribution in [0.4, 0.5) is 8.63 Å². The van der Waals surface area contributed by atoms with Gasteiger partial charge in [0.05, 0.1) is 11.4 Å². The Morgan fingerprint density at radius 2 is 0.870 bits per heavy atom. The summed E-state index contributed by atoms with van der Waals surface area (Å²) >= 11 is 41.3. The normalized spacial score (nSPS) is 16.7. The zero-order valence-corrected chi connectivity index (χ0v) is 83.0. The van der Waals surface area contributed by atoms with Crippen LogP contribution in [0, 0.1) is 20.8 Å². The van der Waals surface area contributed by atoms with Gasteiger partial charge in [0.25, 0.3) is 11.1 Å². The van der Waals surface area contributed by atoms with Gasteiger partial charge in [0.2, 0.25) is 7.59 Å². The first-order valence-electron chi connectivity index (χ1n) is 40.2. The molecular formula is C95H92BCl6F2N9O4S4Y2. The van der Waals surface area contributed by atoms with Crippen LogP contribution in [0.2, 0.25) is 0 Å². The second-order valence-corrected chi connectivity index (χ2v) is 38.1. The largest absolute Gasteiger partial charge is 0.737 e. The number of nitrogens with one attached hydrogen (secondary N) is 2. The maximum atomic E-state index is 16.2. The first-order valence-corrected chi connectivity index (χ1v) is 45.7. The molecule has 0 spiro atoms. The molecule has 7 aromatic carbocycles. The number of hydrogen-bond acceptors (Lipinski definition) is 13. The second kappa shape index (κ2) is 40.7. The third-order valence-corrected chi connectivity index (χ3v) is 28.5. The van der Waals surface area contributed by atoms with E-state index in [-0.39, 0.29) is 113 Å². The van der Waals surface area contributed by atoms with Crippen molar-refractivity contribution >= 4 is 188 Å². The van der Waals surface area contributed by atoms with Gasteiger partial charge in [-0.1, -0.05) is 312 Å². The van der Waals surface area contributed by atoms with Gasteiger partial charge in [0, 0.05) is 158 Å². The molecular weight excluding hydrogens is 1900 g/mol. The zero-order chi connectivity index (χ0) is 85.6. The maximum absolute atomic E-state index is 16.2. The van der Waals surface area contributed by atoms with Gasteiger partial charge in [-0.25, -0.2) is 15.0 Å². The van der Waals surface area contributed by atoms with Gasteiger partial charge in [0.15, 0.2) is 34.7 Å². The third-order valence-electron chi connectivity index (χ3n) is 22.5. The topological polar surface area (TPSA) is 149 Å². The van der Waals surface area contributed by atoms with Crippen molar-refractivity contribution in [2.45, 2.75) is 163 Å². The van der Waals surface area contributed by atoms with Gasteiger partial charge in [-0.05, 0) is 153 Å².